The molecule has 0 spiro atoms. The van der Waals surface area contributed by atoms with Crippen LogP contribution < -0.4 is 0 Å². The smallest absolute Gasteiger partial charge is 0.460 e. The first-order chi connectivity index (χ1) is 11.6. The van der Waals surface area contributed by atoms with E-state index in [0.717, 1.165) is 6.92 Å². The number of carboxylic acids is 1. The predicted octanol–water partition coefficient (Wildman–Crippen LogP) is 4.36. The number of ether oxygens (including phenoxy) is 1. The van der Waals surface area contributed by atoms with Gasteiger partial charge < -0.3 is 9.84 Å². The molecule has 16 heteroatoms. The van der Waals surface area contributed by atoms with Gasteiger partial charge in [-0.05, 0) is 6.42 Å². The molecule has 0 aromatic rings. The van der Waals surface area contributed by atoms with Crippen LogP contribution in [-0.4, -0.2) is 58.6 Å². The quantitative estimate of drug-likeness (QED) is 0.479. The second kappa shape index (κ2) is 5.76. The van der Waals surface area contributed by atoms with Crippen LogP contribution in [0.25, 0.3) is 0 Å². The van der Waals surface area contributed by atoms with E-state index < -0.39 is 59.9 Å². The summed E-state index contributed by atoms with van der Waals surface area (Å²) < 4.78 is 172. The highest BCUT2D eigenvalue weighted by Gasteiger charge is 2.93. The Balaban J connectivity index is 3.46. The van der Waals surface area contributed by atoms with Gasteiger partial charge in [0.05, 0.1) is 0 Å². The summed E-state index contributed by atoms with van der Waals surface area (Å²) in [5, 5.41) is 8.59. The fraction of sp³-hybridized carbons (Fsp3) is 0.909. The van der Waals surface area contributed by atoms with Crippen molar-refractivity contribution in [3.63, 3.8) is 0 Å². The van der Waals surface area contributed by atoms with Gasteiger partial charge in [0.15, 0.2) is 11.7 Å². The standard InChI is InChI=1S/C11H7F13O3/c1-2-5(4(25)26)3(27-5)6(12,13)7(14,15)8(16,17)9(18,19)10(20,21)11(22,23)24/h3H,2H2,1H3,(H,25,26). The Morgan fingerprint density at radius 3 is 1.44 bits per heavy atom. The van der Waals surface area contributed by atoms with Crippen LogP contribution in [0.5, 0.6) is 0 Å². The summed E-state index contributed by atoms with van der Waals surface area (Å²) in [6.45, 7) is 0.729. The first-order valence-electron chi connectivity index (χ1n) is 6.46. The molecule has 3 nitrogen and oxygen atoms in total. The van der Waals surface area contributed by atoms with Crippen molar-refractivity contribution in [3.05, 3.63) is 0 Å². The van der Waals surface area contributed by atoms with Gasteiger partial charge in [0.25, 0.3) is 0 Å². The molecule has 1 heterocycles. The fourth-order valence-electron chi connectivity index (χ4n) is 2.07. The third kappa shape index (κ3) is 2.73. The second-order valence-electron chi connectivity index (χ2n) is 5.46. The Hall–Kier alpha value is -1.48. The van der Waals surface area contributed by atoms with Crippen LogP contribution in [0.15, 0.2) is 0 Å². The van der Waals surface area contributed by atoms with E-state index >= 15 is 0 Å². The number of carboxylic acid groups (broad SMARTS) is 1. The number of hydrogen-bond acceptors (Lipinski definition) is 2. The van der Waals surface area contributed by atoms with E-state index in [2.05, 4.69) is 4.74 Å². The van der Waals surface area contributed by atoms with Crippen LogP contribution in [0.2, 0.25) is 0 Å². The van der Waals surface area contributed by atoms with Gasteiger partial charge in [-0.25, -0.2) is 4.79 Å². The fourth-order valence-corrected chi connectivity index (χ4v) is 2.07. The lowest BCUT2D eigenvalue weighted by Gasteiger charge is -2.39. The maximum atomic E-state index is 13.7. The van der Waals surface area contributed by atoms with Crippen molar-refractivity contribution in [2.24, 2.45) is 0 Å². The van der Waals surface area contributed by atoms with Gasteiger partial charge in [0.2, 0.25) is 0 Å². The van der Waals surface area contributed by atoms with Crippen LogP contribution >= 0.6 is 0 Å². The average Bonchev–Trinajstić information content (AvgIpc) is 3.22. The first-order valence-corrected chi connectivity index (χ1v) is 6.46. The van der Waals surface area contributed by atoms with Crippen molar-refractivity contribution in [2.45, 2.75) is 60.8 Å². The summed E-state index contributed by atoms with van der Waals surface area (Å²) >= 11 is 0. The van der Waals surface area contributed by atoms with E-state index in [-0.39, 0.29) is 0 Å². The molecule has 2 unspecified atom stereocenters. The minimum absolute atomic E-state index is 0.729. The summed E-state index contributed by atoms with van der Waals surface area (Å²) in [4.78, 5) is 10.7. The van der Waals surface area contributed by atoms with Crippen LogP contribution in [0.4, 0.5) is 57.1 Å². The van der Waals surface area contributed by atoms with Crippen molar-refractivity contribution >= 4 is 5.97 Å². The Kier molecular flexibility index (Phi) is 5.03. The Morgan fingerprint density at radius 2 is 1.19 bits per heavy atom. The number of hydrogen-bond donors (Lipinski definition) is 1. The molecule has 0 saturated carbocycles. The molecule has 160 valence electrons. The molecule has 27 heavy (non-hydrogen) atoms. The zero-order chi connectivity index (χ0) is 22.1. The predicted molar refractivity (Wildman–Crippen MR) is 56.3 cm³/mol. The minimum atomic E-state index is -8.03. The van der Waals surface area contributed by atoms with Crippen molar-refractivity contribution in [1.82, 2.24) is 0 Å². The van der Waals surface area contributed by atoms with Gasteiger partial charge >= 0.3 is 41.8 Å². The molecule has 1 aliphatic rings. The second-order valence-corrected chi connectivity index (χ2v) is 5.46. The van der Waals surface area contributed by atoms with E-state index in [1.807, 2.05) is 0 Å². The Labute approximate surface area is 140 Å². The van der Waals surface area contributed by atoms with Gasteiger partial charge in [-0.15, -0.1) is 0 Å². The van der Waals surface area contributed by atoms with Gasteiger partial charge in [0, 0.05) is 0 Å². The van der Waals surface area contributed by atoms with Crippen molar-refractivity contribution in [1.29, 1.82) is 0 Å². The third-order valence-electron chi connectivity index (χ3n) is 3.87. The van der Waals surface area contributed by atoms with Crippen LogP contribution in [0.1, 0.15) is 13.3 Å². The molecule has 0 radical (unpaired) electrons. The highest BCUT2D eigenvalue weighted by atomic mass is 19.4. The molecule has 0 aliphatic carbocycles. The topological polar surface area (TPSA) is 49.8 Å². The highest BCUT2D eigenvalue weighted by molar-refractivity contribution is 5.81. The summed E-state index contributed by atoms with van der Waals surface area (Å²) in [6, 6.07) is 0. The lowest BCUT2D eigenvalue weighted by Crippen LogP contribution is -2.71. The molecular formula is C11H7F13O3. The zero-order valence-corrected chi connectivity index (χ0v) is 12.5. The van der Waals surface area contributed by atoms with E-state index in [1.54, 1.807) is 0 Å². The Bertz CT molecular complexity index is 611. The molecule has 0 amide bonds. The van der Waals surface area contributed by atoms with Crippen molar-refractivity contribution in [2.75, 3.05) is 0 Å². The third-order valence-corrected chi connectivity index (χ3v) is 3.87. The van der Waals surface area contributed by atoms with Crippen LogP contribution in [-0.2, 0) is 9.53 Å². The molecule has 1 aliphatic heterocycles. The Morgan fingerprint density at radius 1 is 0.815 bits per heavy atom. The lowest BCUT2D eigenvalue weighted by atomic mass is 9.88. The molecule has 0 bridgehead atoms. The van der Waals surface area contributed by atoms with Crippen LogP contribution in [0.3, 0.4) is 0 Å². The molecule has 1 N–H and O–H groups in total. The van der Waals surface area contributed by atoms with E-state index in [4.69, 9.17) is 5.11 Å². The maximum absolute atomic E-state index is 13.7. The molecule has 0 aromatic heterocycles. The van der Waals surface area contributed by atoms with E-state index in [0.29, 0.717) is 0 Å². The number of alkyl halides is 13. The van der Waals surface area contributed by atoms with Gasteiger partial charge in [-0.3, -0.25) is 0 Å². The number of rotatable bonds is 7. The highest BCUT2D eigenvalue weighted by Crippen LogP contribution is 2.63. The van der Waals surface area contributed by atoms with Gasteiger partial charge in [-0.1, -0.05) is 6.92 Å². The zero-order valence-electron chi connectivity index (χ0n) is 12.5. The molecule has 1 fully saturated rings. The van der Waals surface area contributed by atoms with Gasteiger partial charge in [-0.2, -0.15) is 57.1 Å². The van der Waals surface area contributed by atoms with Crippen molar-refractivity contribution in [3.8, 4) is 0 Å². The minimum Gasteiger partial charge on any atom is -0.479 e. The lowest BCUT2D eigenvalue weighted by molar-refractivity contribution is -0.440. The molecular weight excluding hydrogens is 427 g/mol. The SMILES string of the molecule is CCC1(C(=O)O)OC1C(F)(F)C(F)(F)C(F)(F)C(F)(F)C(F)(F)C(F)(F)F. The number of aliphatic carboxylic acids is 1. The number of epoxide rings is 1. The monoisotopic (exact) mass is 434 g/mol. The number of carbonyl (C=O) groups is 1. The number of halogens is 13. The van der Waals surface area contributed by atoms with Crippen LogP contribution in [0, 0.1) is 0 Å². The van der Waals surface area contributed by atoms with E-state index in [1.165, 1.54) is 0 Å². The first kappa shape index (κ1) is 23.6. The van der Waals surface area contributed by atoms with Gasteiger partial charge in [0.1, 0.15) is 0 Å². The van der Waals surface area contributed by atoms with E-state index in [9.17, 15) is 61.9 Å². The maximum Gasteiger partial charge on any atom is 0.460 e. The molecule has 1 rings (SSSR count). The summed E-state index contributed by atoms with van der Waals surface area (Å²) in [5.74, 6) is -40.3. The molecule has 1 saturated heterocycles. The summed E-state index contributed by atoms with van der Waals surface area (Å²) in [6.07, 6.45) is -12.3. The average molecular weight is 434 g/mol. The normalized spacial score (nSPS) is 25.5. The summed E-state index contributed by atoms with van der Waals surface area (Å²) in [7, 11) is 0. The molecule has 0 aromatic carbocycles. The summed E-state index contributed by atoms with van der Waals surface area (Å²) in [5.41, 5.74) is -3.25. The largest absolute Gasteiger partial charge is 0.479 e. The van der Waals surface area contributed by atoms with Crippen molar-refractivity contribution < 1.29 is 71.7 Å². The molecule has 2 atom stereocenters.